The molecule has 0 spiro atoms. The first-order valence-electron chi connectivity index (χ1n) is 18.4. The Morgan fingerprint density at radius 2 is 1.75 bits per heavy atom. The van der Waals surface area contributed by atoms with Crippen LogP contribution in [0.15, 0.2) is 40.8 Å². The Hall–Kier alpha value is -5.11. The van der Waals surface area contributed by atoms with Crippen molar-refractivity contribution in [3.8, 4) is 0 Å². The second-order valence-corrected chi connectivity index (χ2v) is 18.2. The molecule has 4 heterocycles. The average Bonchev–Trinajstić information content (AvgIpc) is 3.50. The van der Waals surface area contributed by atoms with Crippen LogP contribution in [0.25, 0.3) is 0 Å². The number of ether oxygens (including phenoxy) is 2. The summed E-state index contributed by atoms with van der Waals surface area (Å²) in [6.07, 6.45) is 4.00. The third-order valence-corrected chi connectivity index (χ3v) is 12.4. The third-order valence-electron chi connectivity index (χ3n) is 9.85. The van der Waals surface area contributed by atoms with Gasteiger partial charge in [-0.05, 0) is 57.6 Å². The van der Waals surface area contributed by atoms with E-state index in [1.165, 1.54) is 16.7 Å². The van der Waals surface area contributed by atoms with Crippen molar-refractivity contribution in [2.75, 3.05) is 11.9 Å². The molecule has 0 unspecified atom stereocenters. The van der Waals surface area contributed by atoms with Gasteiger partial charge in [-0.15, -0.1) is 10.2 Å². The van der Waals surface area contributed by atoms with Gasteiger partial charge in [0.1, 0.15) is 29.3 Å². The maximum absolute atomic E-state index is 14.4. The third kappa shape index (κ3) is 9.46. The number of allylic oxidation sites excluding steroid dienone is 1. The molecule has 4 aliphatic rings. The molecular weight excluding hydrogens is 769 g/mol. The molecular formula is C36H46N8O10S2. The van der Waals surface area contributed by atoms with Crippen LogP contribution in [0.1, 0.15) is 83.8 Å². The van der Waals surface area contributed by atoms with Crippen molar-refractivity contribution in [1.82, 2.24) is 35.4 Å². The van der Waals surface area contributed by atoms with E-state index in [0.29, 0.717) is 43.7 Å². The number of hydrogen-bond acceptors (Lipinski definition) is 13. The van der Waals surface area contributed by atoms with Gasteiger partial charge in [-0.2, -0.15) is 8.42 Å². The zero-order valence-electron chi connectivity index (χ0n) is 31.5. The Bertz CT molecular complexity index is 2010. The zero-order chi connectivity index (χ0) is 40.4. The number of amides is 6. The van der Waals surface area contributed by atoms with Crippen LogP contribution in [0, 0.1) is 5.92 Å². The second kappa shape index (κ2) is 16.2. The van der Waals surface area contributed by atoms with Crippen LogP contribution in [-0.4, -0.2) is 100 Å². The summed E-state index contributed by atoms with van der Waals surface area (Å²) in [6.45, 7) is 6.77. The highest BCUT2D eigenvalue weighted by molar-refractivity contribution is 7.92. The second-order valence-electron chi connectivity index (χ2n) is 15.4. The fraction of sp³-hybridized carbons (Fsp3) is 0.556. The number of carbonyl (C=O) groups is 6. The first-order valence-corrected chi connectivity index (χ1v) is 20.7. The molecule has 56 heavy (non-hydrogen) atoms. The number of benzene rings is 1. The minimum atomic E-state index is -4.59. The molecule has 1 aliphatic carbocycles. The van der Waals surface area contributed by atoms with Crippen LogP contribution in [0.2, 0.25) is 0 Å². The van der Waals surface area contributed by atoms with Crippen LogP contribution in [0.5, 0.6) is 0 Å². The topological polar surface area (TPSA) is 235 Å². The van der Waals surface area contributed by atoms with E-state index in [2.05, 4.69) is 26.1 Å². The Morgan fingerprint density at radius 3 is 2.43 bits per heavy atom. The standard InChI is InChI=1S/C36H46N8O10S2/c1-21(45)37-31-40-41-33(55-31)56(51,52)42-30(48)36-17-24(36)14-8-6-5-7-9-15-26(38-32(49)54-35(2,3)4)29(47)44-20-25(16-27(44)28(46)39-36)53-34(50)43-18-22-12-10-11-13-23(22)19-43/h8,10-14,24-27H,5-7,9,15-20H2,1-4H3,(H,38,49)(H,39,46)(H,42,48)(H,37,40,45)/b14-8+/t24-,25-,26+,27+,36-/m1/s1. The fourth-order valence-corrected chi connectivity index (χ4v) is 9.06. The summed E-state index contributed by atoms with van der Waals surface area (Å²) in [7, 11) is -4.59. The summed E-state index contributed by atoms with van der Waals surface area (Å²) in [5.74, 6) is -3.49. The SMILES string of the molecule is CC(=O)Nc1nnc(S(=O)(=O)NC(=O)[C@@]23C[C@H]2/C=C/CCCCC[C@H](NC(=O)OC(C)(C)C)C(=O)N2C[C@H](OC(=O)N4Cc5ccccc5C4)C[C@H]2C(=O)N3)s1. The molecule has 2 aromatic rings. The lowest BCUT2D eigenvalue weighted by molar-refractivity contribution is -0.141. The smallest absolute Gasteiger partial charge is 0.410 e. The number of fused-ring (bicyclic) bond motifs is 3. The van der Waals surface area contributed by atoms with Crippen molar-refractivity contribution in [3.05, 3.63) is 47.5 Å². The van der Waals surface area contributed by atoms with E-state index in [4.69, 9.17) is 9.47 Å². The number of rotatable bonds is 6. The van der Waals surface area contributed by atoms with Crippen LogP contribution < -0.4 is 20.7 Å². The zero-order valence-corrected chi connectivity index (χ0v) is 33.2. The molecule has 0 bridgehead atoms. The molecule has 2 fully saturated rings. The number of sulfonamides is 1. The minimum Gasteiger partial charge on any atom is -0.444 e. The van der Waals surface area contributed by atoms with Gasteiger partial charge in [0.25, 0.3) is 20.3 Å². The molecule has 1 saturated heterocycles. The number of aromatic nitrogens is 2. The Balaban J connectivity index is 1.25. The summed E-state index contributed by atoms with van der Waals surface area (Å²) in [6, 6.07) is 5.25. The normalized spacial score (nSPS) is 25.9. The highest BCUT2D eigenvalue weighted by Crippen LogP contribution is 2.46. The summed E-state index contributed by atoms with van der Waals surface area (Å²) < 4.78 is 39.3. The quantitative estimate of drug-likeness (QED) is 0.244. The van der Waals surface area contributed by atoms with Crippen molar-refractivity contribution in [1.29, 1.82) is 0 Å². The Morgan fingerprint density at radius 1 is 1.04 bits per heavy atom. The number of nitrogens with one attached hydrogen (secondary N) is 4. The van der Waals surface area contributed by atoms with Gasteiger partial charge in [0, 0.05) is 32.4 Å². The number of hydrogen-bond donors (Lipinski definition) is 4. The van der Waals surface area contributed by atoms with Gasteiger partial charge in [-0.25, -0.2) is 14.3 Å². The van der Waals surface area contributed by atoms with E-state index >= 15 is 0 Å². The predicted octanol–water partition coefficient (Wildman–Crippen LogP) is 2.71. The van der Waals surface area contributed by atoms with Gasteiger partial charge < -0.3 is 30.3 Å². The van der Waals surface area contributed by atoms with Crippen molar-refractivity contribution < 1.29 is 46.7 Å². The maximum Gasteiger partial charge on any atom is 0.410 e. The monoisotopic (exact) mass is 814 g/mol. The molecule has 1 saturated carbocycles. The van der Waals surface area contributed by atoms with Gasteiger partial charge in [0.15, 0.2) is 0 Å². The minimum absolute atomic E-state index is 0.0568. The number of carbonyl (C=O) groups excluding carboxylic acids is 6. The highest BCUT2D eigenvalue weighted by Gasteiger charge is 2.62. The van der Waals surface area contributed by atoms with Crippen LogP contribution in [0.4, 0.5) is 14.7 Å². The van der Waals surface area contributed by atoms with Crippen molar-refractivity contribution in [2.45, 2.75) is 119 Å². The van der Waals surface area contributed by atoms with Gasteiger partial charge in [-0.3, -0.25) is 24.1 Å². The summed E-state index contributed by atoms with van der Waals surface area (Å²) in [5, 5.41) is 14.9. The van der Waals surface area contributed by atoms with E-state index in [-0.39, 0.29) is 30.9 Å². The summed E-state index contributed by atoms with van der Waals surface area (Å²) in [4.78, 5) is 83.2. The van der Waals surface area contributed by atoms with Crippen molar-refractivity contribution in [2.24, 2.45) is 5.92 Å². The molecule has 1 aromatic carbocycles. The van der Waals surface area contributed by atoms with Gasteiger partial charge in [-0.1, -0.05) is 60.6 Å². The number of alkyl carbamates (subject to hydrolysis) is 1. The largest absolute Gasteiger partial charge is 0.444 e. The first-order chi connectivity index (χ1) is 26.4. The molecule has 20 heteroatoms. The van der Waals surface area contributed by atoms with E-state index in [0.717, 1.165) is 17.5 Å². The summed E-state index contributed by atoms with van der Waals surface area (Å²) in [5.41, 5.74) is -0.610. The Kier molecular flexibility index (Phi) is 11.7. The number of anilines is 1. The van der Waals surface area contributed by atoms with E-state index in [9.17, 15) is 37.2 Å². The van der Waals surface area contributed by atoms with Crippen molar-refractivity contribution in [3.63, 3.8) is 0 Å². The molecule has 3 aliphatic heterocycles. The molecule has 4 N–H and O–H groups in total. The van der Waals surface area contributed by atoms with E-state index in [1.807, 2.05) is 35.1 Å². The van der Waals surface area contributed by atoms with Gasteiger partial charge >= 0.3 is 12.2 Å². The summed E-state index contributed by atoms with van der Waals surface area (Å²) >= 11 is 0.539. The van der Waals surface area contributed by atoms with Crippen LogP contribution in [0.3, 0.4) is 0 Å². The lowest BCUT2D eigenvalue weighted by Gasteiger charge is -2.30. The van der Waals surface area contributed by atoms with Crippen molar-refractivity contribution >= 4 is 62.3 Å². The lowest BCUT2D eigenvalue weighted by atomic mass is 10.0. The molecule has 6 amide bonds. The lowest BCUT2D eigenvalue weighted by Crippen LogP contribution is -2.58. The molecule has 5 atom stereocenters. The molecule has 0 radical (unpaired) electrons. The number of nitrogens with zero attached hydrogens (tertiary/aromatic N) is 4. The Labute approximate surface area is 328 Å². The van der Waals surface area contributed by atoms with Gasteiger partial charge in [0.05, 0.1) is 6.54 Å². The van der Waals surface area contributed by atoms with E-state index in [1.54, 1.807) is 26.8 Å². The van der Waals surface area contributed by atoms with E-state index < -0.39 is 85.4 Å². The molecule has 1 aromatic heterocycles. The molecule has 6 rings (SSSR count). The first kappa shape index (κ1) is 40.6. The maximum atomic E-state index is 14.4. The molecule has 302 valence electrons. The van der Waals surface area contributed by atoms with Gasteiger partial charge in [0.2, 0.25) is 22.9 Å². The van der Waals surface area contributed by atoms with Crippen LogP contribution in [-0.2, 0) is 51.8 Å². The average molecular weight is 815 g/mol. The highest BCUT2D eigenvalue weighted by atomic mass is 32.2. The molecule has 18 nitrogen and oxygen atoms in total. The fourth-order valence-electron chi connectivity index (χ4n) is 7.07. The van der Waals surface area contributed by atoms with Crippen LogP contribution >= 0.6 is 11.3 Å². The predicted molar refractivity (Wildman–Crippen MR) is 200 cm³/mol.